The Morgan fingerprint density at radius 3 is 2.06 bits per heavy atom. The Hall–Kier alpha value is -9.54. The van der Waals surface area contributed by atoms with E-state index >= 15 is 0 Å². The number of benzene rings is 4. The SMILES string of the molecule is COc1ccc(C[C@H]2NC(=O)/C=C/C[C@@H]([C@H](C)[C@H]3O[C@@H]3c3ccc(CCC(=O)OCc4ccc(NC(=O)[C@H](CCCNC(N)=O)CC(=O)[C@@H](NC(=O)COCCOCCOCCOc5ccc(N6C(=O)C(C)=C(C)C6=O)cc5)C(C)C)cc4)cc3)OC(=O)[C@H](CC(C)C)OC(=O)C(C)(C)CNC2=O)cc1Cl. The zero-order chi connectivity index (χ0) is 77.2. The van der Waals surface area contributed by atoms with E-state index in [9.17, 15) is 52.7 Å². The van der Waals surface area contributed by atoms with Crippen molar-refractivity contribution >= 4 is 88.1 Å². The van der Waals surface area contributed by atoms with Gasteiger partial charge in [-0.15, -0.1) is 0 Å². The van der Waals surface area contributed by atoms with E-state index in [2.05, 4.69) is 26.6 Å². The number of carbonyl (C=O) groups excluding carboxylic acids is 11. The predicted molar refractivity (Wildman–Crippen MR) is 392 cm³/mol. The number of anilines is 2. The van der Waals surface area contributed by atoms with Gasteiger partial charge in [0.2, 0.25) is 23.6 Å². The molecule has 574 valence electrons. The average molecular weight is 1490 g/mol. The molecule has 0 radical (unpaired) electrons. The second kappa shape index (κ2) is 40.8. The van der Waals surface area contributed by atoms with Crippen molar-refractivity contribution in [3.63, 3.8) is 0 Å². The van der Waals surface area contributed by atoms with Gasteiger partial charge in [-0.25, -0.2) is 14.5 Å². The molecule has 7 rings (SSSR count). The van der Waals surface area contributed by atoms with Crippen LogP contribution in [0.3, 0.4) is 0 Å². The molecule has 4 aromatic rings. The maximum absolute atomic E-state index is 14.0. The minimum atomic E-state index is -1.29. The third-order valence-corrected chi connectivity index (χ3v) is 18.5. The monoisotopic (exact) mass is 1490 g/mol. The molecule has 3 aliphatic rings. The summed E-state index contributed by atoms with van der Waals surface area (Å²) in [5, 5.41) is 14.0. The summed E-state index contributed by atoms with van der Waals surface area (Å²) in [6.07, 6.45) is 1.06. The van der Waals surface area contributed by atoms with E-state index in [-0.39, 0.29) is 140 Å². The van der Waals surface area contributed by atoms with E-state index in [0.29, 0.717) is 63.0 Å². The summed E-state index contributed by atoms with van der Waals surface area (Å²) >= 11 is 6.40. The van der Waals surface area contributed by atoms with Crippen LogP contribution in [0.2, 0.25) is 5.02 Å². The number of nitrogens with one attached hydrogen (secondary N) is 5. The topological polar surface area (TPSA) is 364 Å². The minimum absolute atomic E-state index is 0.0416. The molecule has 0 saturated carbocycles. The highest BCUT2D eigenvalue weighted by molar-refractivity contribution is 6.32. The minimum Gasteiger partial charge on any atom is -0.495 e. The number of cyclic esters (lactones) is 2. The lowest BCUT2D eigenvalue weighted by atomic mass is 9.89. The van der Waals surface area contributed by atoms with E-state index in [0.717, 1.165) is 16.0 Å². The Morgan fingerprint density at radius 2 is 1.42 bits per heavy atom. The number of Topliss-reactive ketones (excluding diaryl/α,β-unsaturated/α-hetero) is 1. The van der Waals surface area contributed by atoms with Gasteiger partial charge in [0.25, 0.3) is 11.8 Å². The van der Waals surface area contributed by atoms with Gasteiger partial charge >= 0.3 is 23.9 Å². The highest BCUT2D eigenvalue weighted by Gasteiger charge is 2.48. The molecule has 28 heteroatoms. The van der Waals surface area contributed by atoms with Crippen molar-refractivity contribution in [1.82, 2.24) is 21.3 Å². The molecule has 0 unspecified atom stereocenters. The quantitative estimate of drug-likeness (QED) is 0.00813. The molecule has 106 heavy (non-hydrogen) atoms. The first kappa shape index (κ1) is 83.7. The molecule has 8 atom stereocenters. The number of esters is 3. The van der Waals surface area contributed by atoms with Crippen LogP contribution in [0.1, 0.15) is 129 Å². The second-order valence-electron chi connectivity index (χ2n) is 27.8. The van der Waals surface area contributed by atoms with Crippen molar-refractivity contribution in [1.29, 1.82) is 0 Å². The molecule has 3 aliphatic heterocycles. The number of urea groups is 1. The lowest BCUT2D eigenvalue weighted by Crippen LogP contribution is -2.51. The van der Waals surface area contributed by atoms with Gasteiger partial charge < -0.3 is 74.9 Å². The fraction of sp³-hybridized carbons (Fsp3) is 0.500. The van der Waals surface area contributed by atoms with Crippen LogP contribution in [0, 0.1) is 29.1 Å². The van der Waals surface area contributed by atoms with Gasteiger partial charge in [-0.2, -0.15) is 0 Å². The molecule has 27 nitrogen and oxygen atoms in total. The van der Waals surface area contributed by atoms with Crippen LogP contribution in [0.25, 0.3) is 0 Å². The van der Waals surface area contributed by atoms with E-state index in [1.807, 2.05) is 45.0 Å². The molecule has 3 heterocycles. The number of amides is 8. The summed E-state index contributed by atoms with van der Waals surface area (Å²) in [5.41, 5.74) is 8.71. The first-order valence-corrected chi connectivity index (χ1v) is 36.1. The Balaban J connectivity index is 0.829. The Bertz CT molecular complexity index is 3760. The van der Waals surface area contributed by atoms with Gasteiger partial charge in [-0.05, 0) is 142 Å². The number of imide groups is 1. The van der Waals surface area contributed by atoms with Gasteiger partial charge in [0.15, 0.2) is 11.9 Å². The Kier molecular flexibility index (Phi) is 32.2. The number of nitrogens with zero attached hydrogens (tertiary/aromatic N) is 1. The number of rotatable bonds is 37. The van der Waals surface area contributed by atoms with Crippen LogP contribution in [0.5, 0.6) is 11.5 Å². The lowest BCUT2D eigenvalue weighted by Gasteiger charge is -2.29. The number of nitrogens with two attached hydrogens (primary N) is 1. The van der Waals surface area contributed by atoms with Gasteiger partial charge in [0, 0.05) is 67.4 Å². The van der Waals surface area contributed by atoms with E-state index in [4.69, 9.17) is 60.0 Å². The lowest BCUT2D eigenvalue weighted by molar-refractivity contribution is -0.179. The molecule has 8 amide bonds. The fourth-order valence-corrected chi connectivity index (χ4v) is 12.0. The zero-order valence-electron chi connectivity index (χ0n) is 61.9. The van der Waals surface area contributed by atoms with Gasteiger partial charge in [0.05, 0.1) is 68.4 Å². The number of methoxy groups -OCH3 is 1. The molecule has 1 fully saturated rings. The van der Waals surface area contributed by atoms with Crippen molar-refractivity contribution in [2.24, 2.45) is 34.8 Å². The van der Waals surface area contributed by atoms with Crippen LogP contribution < -0.4 is 46.7 Å². The van der Waals surface area contributed by atoms with Crippen molar-refractivity contribution in [2.75, 3.05) is 76.7 Å². The highest BCUT2D eigenvalue weighted by atomic mass is 35.5. The first-order valence-electron chi connectivity index (χ1n) is 35.7. The third-order valence-electron chi connectivity index (χ3n) is 18.2. The highest BCUT2D eigenvalue weighted by Crippen LogP contribution is 2.45. The summed E-state index contributed by atoms with van der Waals surface area (Å²) in [6, 6.07) is 23.2. The molecule has 0 spiro atoms. The molecule has 1 saturated heterocycles. The number of ketones is 1. The number of hydrogen-bond donors (Lipinski definition) is 6. The standard InChI is InChI=1S/C78H100ClN7O20/c1-46(2)39-64-75(95)104-62(14-11-15-65(88)84-60(41-53-20-30-63(98-10)59(79)40-53)72(92)82-45-78(8,9)76(96)105-64)50(7)69-70(106-69)54-22-16-51(17-23-54)21-31-67(90)103-43-52-18-24-56(25-19-52)83-71(91)55(13-12-32-81-77(80)97)42-61(87)68(47(3)4)85-66(89)44-101-36-35-99-33-34-100-37-38-102-58-28-26-57(27-29-58)86-73(93)48(5)49(6)74(86)94/h11,15-20,22-30,40,46-47,50,55,60,62,64,68-70H,12-14,21,31-39,41-45H2,1-10H3,(H,82,92)(H,83,91)(H,84,88)(H,85,89)(H3,80,81,97)/b15-11+/t50-,55+,60+,62-,64-,68-,69+,70+/m0/s1. The first-order chi connectivity index (χ1) is 50.5. The van der Waals surface area contributed by atoms with E-state index < -0.39 is 95.2 Å². The van der Waals surface area contributed by atoms with Crippen LogP contribution in [-0.4, -0.2) is 162 Å². The number of epoxide rings is 1. The van der Waals surface area contributed by atoms with E-state index in [1.165, 1.54) is 13.2 Å². The number of aryl methyl sites for hydroxylation is 1. The average Bonchev–Trinajstić information content (AvgIpc) is 1.63. The molecule has 0 aliphatic carbocycles. The number of hydrogen-bond acceptors (Lipinski definition) is 20. The smallest absolute Gasteiger partial charge is 0.347 e. The van der Waals surface area contributed by atoms with Gasteiger partial charge in [-0.1, -0.05) is 94.8 Å². The third kappa shape index (κ3) is 25.9. The summed E-state index contributed by atoms with van der Waals surface area (Å²) in [5.74, 6) is -5.78. The molecule has 0 aromatic heterocycles. The largest absolute Gasteiger partial charge is 0.495 e. The van der Waals surface area contributed by atoms with Crippen LogP contribution in [0.15, 0.2) is 114 Å². The number of primary amides is 1. The summed E-state index contributed by atoms with van der Waals surface area (Å²) in [4.78, 5) is 146. The van der Waals surface area contributed by atoms with Crippen molar-refractivity contribution < 1.29 is 95.4 Å². The van der Waals surface area contributed by atoms with Crippen LogP contribution in [0.4, 0.5) is 16.2 Å². The predicted octanol–water partition coefficient (Wildman–Crippen LogP) is 8.24. The maximum Gasteiger partial charge on any atom is 0.347 e. The molecule has 4 aromatic carbocycles. The number of carbonyl (C=O) groups is 11. The molecular weight excluding hydrogens is 1390 g/mol. The Labute approximate surface area is 623 Å². The fourth-order valence-electron chi connectivity index (χ4n) is 11.7. The summed E-state index contributed by atoms with van der Waals surface area (Å²) in [6.45, 7) is 16.5. The Morgan fingerprint density at radius 1 is 0.783 bits per heavy atom. The number of halogens is 1. The van der Waals surface area contributed by atoms with Gasteiger partial charge in [0.1, 0.15) is 49.6 Å². The molecule has 7 N–H and O–H groups in total. The van der Waals surface area contributed by atoms with Crippen LogP contribution >= 0.6 is 11.6 Å². The van der Waals surface area contributed by atoms with Crippen molar-refractivity contribution in [2.45, 2.75) is 157 Å². The summed E-state index contributed by atoms with van der Waals surface area (Å²) < 4.78 is 51.5. The number of ether oxygens (including phenoxy) is 9. The summed E-state index contributed by atoms with van der Waals surface area (Å²) in [7, 11) is 1.48. The van der Waals surface area contributed by atoms with Crippen molar-refractivity contribution in [3.05, 3.63) is 142 Å². The van der Waals surface area contributed by atoms with Gasteiger partial charge in [-0.3, -0.25) is 43.2 Å². The van der Waals surface area contributed by atoms with Crippen molar-refractivity contribution in [3.8, 4) is 11.5 Å². The molecular formula is C78H100ClN7O20. The van der Waals surface area contributed by atoms with E-state index in [1.54, 1.807) is 114 Å². The zero-order valence-corrected chi connectivity index (χ0v) is 62.6. The second-order valence-corrected chi connectivity index (χ2v) is 28.3. The maximum atomic E-state index is 14.0. The normalized spacial score (nSPS) is 19.6. The molecule has 0 bridgehead atoms. The van der Waals surface area contributed by atoms with Crippen LogP contribution in [-0.2, 0) is 101 Å².